The Morgan fingerprint density at radius 2 is 1.85 bits per heavy atom. The van der Waals surface area contributed by atoms with Crippen LogP contribution in [0.25, 0.3) is 33.2 Å². The number of nitrogens with zero attached hydrogens (tertiary/aromatic N) is 6. The molecular weight excluding hydrogens is 422 g/mol. The Balaban J connectivity index is 1.71. The van der Waals surface area contributed by atoms with Crippen molar-refractivity contribution in [3.63, 3.8) is 0 Å². The maximum atomic E-state index is 13.0. The second-order valence-corrected chi connectivity index (χ2v) is 8.13. The minimum atomic E-state index is -0.472. The molecule has 4 aromatic heterocycles. The highest BCUT2D eigenvalue weighted by Crippen LogP contribution is 2.29. The number of allylic oxidation sites excluding steroid dienone is 1. The molecule has 1 aliphatic heterocycles. The van der Waals surface area contributed by atoms with E-state index in [0.29, 0.717) is 33.2 Å². The second kappa shape index (κ2) is 8.12. The number of H-pyrrole nitrogens is 1. The molecule has 0 radical (unpaired) electrons. The van der Waals surface area contributed by atoms with Crippen molar-refractivity contribution in [3.8, 4) is 17.3 Å². The third-order valence-corrected chi connectivity index (χ3v) is 6.09. The maximum Gasteiger partial charge on any atom is 0.329 e. The first-order valence-electron chi connectivity index (χ1n) is 10.7. The summed E-state index contributed by atoms with van der Waals surface area (Å²) >= 11 is 0. The molecule has 1 aliphatic rings. The van der Waals surface area contributed by atoms with E-state index in [9.17, 15) is 9.59 Å². The van der Waals surface area contributed by atoms with E-state index < -0.39 is 11.2 Å². The summed E-state index contributed by atoms with van der Waals surface area (Å²) < 4.78 is 6.71. The monoisotopic (exact) mass is 445 g/mol. The van der Waals surface area contributed by atoms with E-state index in [0.717, 1.165) is 31.6 Å². The standard InChI is InChI=1S/C23H23N7O3/c1-13(2)29-8-6-15(7-9-29)30-20-16(21(31)28-23(30)32)12-24-18-5-4-17(27-19(18)20)14-10-25-22(33-3)26-11-14/h4-5,10-12,15H,1,6-9H2,2-3H3,(H,28,31,32). The van der Waals surface area contributed by atoms with Crippen molar-refractivity contribution in [3.05, 3.63) is 63.8 Å². The van der Waals surface area contributed by atoms with Crippen LogP contribution >= 0.6 is 0 Å². The van der Waals surface area contributed by atoms with E-state index >= 15 is 0 Å². The fourth-order valence-corrected chi connectivity index (χ4v) is 4.36. The highest BCUT2D eigenvalue weighted by atomic mass is 16.5. The summed E-state index contributed by atoms with van der Waals surface area (Å²) in [6.45, 7) is 7.58. The Morgan fingerprint density at radius 3 is 2.52 bits per heavy atom. The van der Waals surface area contributed by atoms with Gasteiger partial charge in [0.15, 0.2) is 0 Å². The SMILES string of the molecule is C=C(C)N1CCC(n2c(=O)[nH]c(=O)c3cnc4ccc(-c5cnc(OC)nc5)nc4c32)CC1. The fraction of sp³-hybridized carbons (Fsp3) is 0.304. The fourth-order valence-electron chi connectivity index (χ4n) is 4.36. The van der Waals surface area contributed by atoms with Gasteiger partial charge in [-0.2, -0.15) is 0 Å². The van der Waals surface area contributed by atoms with E-state index in [4.69, 9.17) is 9.72 Å². The lowest BCUT2D eigenvalue weighted by Gasteiger charge is -2.34. The number of nitrogens with one attached hydrogen (secondary N) is 1. The molecule has 5 heterocycles. The van der Waals surface area contributed by atoms with E-state index in [1.807, 2.05) is 19.1 Å². The Bertz CT molecular complexity index is 1480. The van der Waals surface area contributed by atoms with Gasteiger partial charge in [0, 0.05) is 49.0 Å². The van der Waals surface area contributed by atoms with Crippen molar-refractivity contribution in [1.29, 1.82) is 0 Å². The molecular formula is C23H23N7O3. The van der Waals surface area contributed by atoms with Crippen LogP contribution in [-0.2, 0) is 0 Å². The predicted octanol–water partition coefficient (Wildman–Crippen LogP) is 2.27. The van der Waals surface area contributed by atoms with Crippen molar-refractivity contribution < 1.29 is 4.74 Å². The highest BCUT2D eigenvalue weighted by Gasteiger charge is 2.25. The molecule has 168 valence electrons. The van der Waals surface area contributed by atoms with Crippen molar-refractivity contribution in [2.75, 3.05) is 20.2 Å². The second-order valence-electron chi connectivity index (χ2n) is 8.13. The summed E-state index contributed by atoms with van der Waals surface area (Å²) in [4.78, 5) is 47.8. The number of aromatic nitrogens is 6. The van der Waals surface area contributed by atoms with Crippen LogP contribution in [0.3, 0.4) is 0 Å². The number of fused-ring (bicyclic) bond motifs is 3. The van der Waals surface area contributed by atoms with Gasteiger partial charge in [0.25, 0.3) is 5.56 Å². The number of rotatable bonds is 4. The first kappa shape index (κ1) is 20.8. The number of likely N-dealkylation sites (tertiary alicyclic amines) is 1. The van der Waals surface area contributed by atoms with E-state index in [2.05, 4.69) is 31.4 Å². The molecule has 33 heavy (non-hydrogen) atoms. The van der Waals surface area contributed by atoms with Crippen LogP contribution in [-0.4, -0.2) is 54.6 Å². The van der Waals surface area contributed by atoms with Gasteiger partial charge >= 0.3 is 11.7 Å². The van der Waals surface area contributed by atoms with E-state index in [1.54, 1.807) is 17.0 Å². The molecule has 0 amide bonds. The maximum absolute atomic E-state index is 13.0. The number of aromatic amines is 1. The summed E-state index contributed by atoms with van der Waals surface area (Å²) in [6.07, 6.45) is 6.25. The van der Waals surface area contributed by atoms with Gasteiger partial charge < -0.3 is 9.64 Å². The van der Waals surface area contributed by atoms with Crippen molar-refractivity contribution in [2.45, 2.75) is 25.8 Å². The topological polar surface area (TPSA) is 119 Å². The van der Waals surface area contributed by atoms with Crippen LogP contribution in [0.5, 0.6) is 6.01 Å². The Morgan fingerprint density at radius 1 is 1.12 bits per heavy atom. The molecule has 0 aliphatic carbocycles. The van der Waals surface area contributed by atoms with Crippen LogP contribution in [0.1, 0.15) is 25.8 Å². The molecule has 0 spiro atoms. The number of ether oxygens (including phenoxy) is 1. The highest BCUT2D eigenvalue weighted by molar-refractivity contribution is 6.01. The summed E-state index contributed by atoms with van der Waals surface area (Å²) in [6, 6.07) is 3.81. The van der Waals surface area contributed by atoms with Crippen molar-refractivity contribution in [1.82, 2.24) is 34.4 Å². The number of hydrogen-bond acceptors (Lipinski definition) is 8. The van der Waals surface area contributed by atoms with Crippen LogP contribution in [0.15, 0.2) is 52.6 Å². The van der Waals surface area contributed by atoms with Gasteiger partial charge in [0.2, 0.25) is 0 Å². The van der Waals surface area contributed by atoms with Gasteiger partial charge in [-0.3, -0.25) is 19.3 Å². The van der Waals surface area contributed by atoms with Crippen LogP contribution in [0, 0.1) is 0 Å². The van der Waals surface area contributed by atoms with Gasteiger partial charge in [-0.1, -0.05) is 6.58 Å². The number of pyridine rings is 2. The lowest BCUT2D eigenvalue weighted by Crippen LogP contribution is -2.39. The van der Waals surface area contributed by atoms with Crippen LogP contribution in [0.2, 0.25) is 0 Å². The predicted molar refractivity (Wildman–Crippen MR) is 124 cm³/mol. The molecule has 0 saturated carbocycles. The van der Waals surface area contributed by atoms with Crippen LogP contribution in [0.4, 0.5) is 0 Å². The Labute approximate surface area is 188 Å². The Hall–Kier alpha value is -4.08. The summed E-state index contributed by atoms with van der Waals surface area (Å²) in [5.41, 5.74) is 2.98. The van der Waals surface area contributed by atoms with Gasteiger partial charge in [0.1, 0.15) is 5.52 Å². The molecule has 10 heteroatoms. The third kappa shape index (κ3) is 3.63. The molecule has 0 aromatic carbocycles. The van der Waals surface area contributed by atoms with Gasteiger partial charge in [-0.15, -0.1) is 0 Å². The average Bonchev–Trinajstić information content (AvgIpc) is 2.84. The first-order chi connectivity index (χ1) is 16.0. The average molecular weight is 445 g/mol. The largest absolute Gasteiger partial charge is 0.467 e. The smallest absolute Gasteiger partial charge is 0.329 e. The minimum absolute atomic E-state index is 0.0761. The normalized spacial score (nSPS) is 14.7. The molecule has 1 fully saturated rings. The zero-order valence-corrected chi connectivity index (χ0v) is 18.4. The summed E-state index contributed by atoms with van der Waals surface area (Å²) in [5, 5.41) is 0.333. The lowest BCUT2D eigenvalue weighted by atomic mass is 10.0. The molecule has 4 aromatic rings. The van der Waals surface area contributed by atoms with Gasteiger partial charge in [-0.25, -0.2) is 19.7 Å². The van der Waals surface area contributed by atoms with Crippen molar-refractivity contribution in [2.24, 2.45) is 0 Å². The third-order valence-electron chi connectivity index (χ3n) is 6.09. The first-order valence-corrected chi connectivity index (χ1v) is 10.7. The van der Waals surface area contributed by atoms with E-state index in [-0.39, 0.29) is 12.1 Å². The molecule has 10 nitrogen and oxygen atoms in total. The zero-order chi connectivity index (χ0) is 23.1. The van der Waals surface area contributed by atoms with E-state index in [1.165, 1.54) is 13.3 Å². The van der Waals surface area contributed by atoms with Crippen LogP contribution < -0.4 is 16.0 Å². The molecule has 0 unspecified atom stereocenters. The Kier molecular flexibility index (Phi) is 5.12. The molecule has 1 saturated heterocycles. The quantitative estimate of drug-likeness (QED) is 0.475. The molecule has 1 N–H and O–H groups in total. The lowest BCUT2D eigenvalue weighted by molar-refractivity contribution is 0.228. The van der Waals surface area contributed by atoms with Gasteiger partial charge in [-0.05, 0) is 31.9 Å². The number of hydrogen-bond donors (Lipinski definition) is 1. The molecule has 0 atom stereocenters. The summed E-state index contributed by atoms with van der Waals surface area (Å²) in [7, 11) is 1.50. The van der Waals surface area contributed by atoms with Gasteiger partial charge in [0.05, 0.1) is 29.2 Å². The minimum Gasteiger partial charge on any atom is -0.467 e. The number of methoxy groups -OCH3 is 1. The molecule has 0 bridgehead atoms. The van der Waals surface area contributed by atoms with Crippen molar-refractivity contribution >= 4 is 21.9 Å². The molecule has 5 rings (SSSR count). The zero-order valence-electron chi connectivity index (χ0n) is 18.4. The summed E-state index contributed by atoms with van der Waals surface area (Å²) in [5.74, 6) is 0. The number of piperidine rings is 1.